The maximum atomic E-state index is 11.8. The summed E-state index contributed by atoms with van der Waals surface area (Å²) in [5.41, 5.74) is 2.81. The average molecular weight is 285 g/mol. The quantitative estimate of drug-likeness (QED) is 0.905. The fraction of sp³-hybridized carbons (Fsp3) is 0.611. The van der Waals surface area contributed by atoms with Crippen molar-refractivity contribution in [3.63, 3.8) is 0 Å². The van der Waals surface area contributed by atoms with E-state index in [1.807, 2.05) is 0 Å². The van der Waals surface area contributed by atoms with Crippen LogP contribution in [0.3, 0.4) is 0 Å². The topological polar surface area (TPSA) is 40.5 Å². The Bertz CT molecular complexity index is 556. The Morgan fingerprint density at radius 2 is 1.95 bits per heavy atom. The van der Waals surface area contributed by atoms with Crippen LogP contribution in [0.4, 0.5) is 0 Å². The number of benzene rings is 1. The molecule has 2 aliphatic carbocycles. The second kappa shape index (κ2) is 5.13. The average Bonchev–Trinajstić information content (AvgIpc) is 3.07. The third kappa shape index (κ3) is 2.10. The molecule has 1 saturated heterocycles. The lowest BCUT2D eigenvalue weighted by Crippen LogP contribution is -2.44. The first-order valence-electron chi connectivity index (χ1n) is 8.34. The SMILES string of the molecule is O=C(O)C1CC2CCCCC2N1C1CCc2ccccc21. The lowest BCUT2D eigenvalue weighted by molar-refractivity contribution is -0.143. The number of fused-ring (bicyclic) bond motifs is 2. The van der Waals surface area contributed by atoms with E-state index >= 15 is 0 Å². The minimum atomic E-state index is -0.617. The highest BCUT2D eigenvalue weighted by molar-refractivity contribution is 5.74. The monoisotopic (exact) mass is 285 g/mol. The van der Waals surface area contributed by atoms with Gasteiger partial charge in [-0.25, -0.2) is 0 Å². The van der Waals surface area contributed by atoms with Gasteiger partial charge in [0.15, 0.2) is 0 Å². The van der Waals surface area contributed by atoms with Crippen molar-refractivity contribution in [3.05, 3.63) is 35.4 Å². The molecule has 4 atom stereocenters. The van der Waals surface area contributed by atoms with Crippen molar-refractivity contribution in [2.75, 3.05) is 0 Å². The highest BCUT2D eigenvalue weighted by Gasteiger charge is 2.49. The normalized spacial score (nSPS) is 35.4. The van der Waals surface area contributed by atoms with Gasteiger partial charge in [-0.3, -0.25) is 9.69 Å². The van der Waals surface area contributed by atoms with Crippen LogP contribution in [0.2, 0.25) is 0 Å². The van der Waals surface area contributed by atoms with Crippen molar-refractivity contribution >= 4 is 5.97 Å². The molecule has 0 amide bonds. The van der Waals surface area contributed by atoms with Crippen LogP contribution in [0.5, 0.6) is 0 Å². The Balaban J connectivity index is 1.69. The lowest BCUT2D eigenvalue weighted by atomic mass is 9.84. The molecule has 0 spiro atoms. The van der Waals surface area contributed by atoms with E-state index in [4.69, 9.17) is 0 Å². The molecule has 3 heteroatoms. The molecular formula is C18H23NO2. The number of aryl methyl sites for hydroxylation is 1. The molecule has 21 heavy (non-hydrogen) atoms. The number of rotatable bonds is 2. The number of carboxylic acids is 1. The van der Waals surface area contributed by atoms with E-state index in [2.05, 4.69) is 29.2 Å². The summed E-state index contributed by atoms with van der Waals surface area (Å²) < 4.78 is 0. The Labute approximate surface area is 126 Å². The van der Waals surface area contributed by atoms with Crippen LogP contribution < -0.4 is 0 Å². The number of aliphatic carboxylic acids is 1. The van der Waals surface area contributed by atoms with Gasteiger partial charge in [-0.15, -0.1) is 0 Å². The zero-order valence-corrected chi connectivity index (χ0v) is 12.4. The summed E-state index contributed by atoms with van der Waals surface area (Å²) in [6.45, 7) is 0. The molecule has 4 rings (SSSR count). The molecule has 3 nitrogen and oxygen atoms in total. The molecule has 2 fully saturated rings. The van der Waals surface area contributed by atoms with Gasteiger partial charge in [0.1, 0.15) is 6.04 Å². The highest BCUT2D eigenvalue weighted by atomic mass is 16.4. The van der Waals surface area contributed by atoms with Gasteiger partial charge in [0.25, 0.3) is 0 Å². The fourth-order valence-corrected chi connectivity index (χ4v) is 5.02. The van der Waals surface area contributed by atoms with Gasteiger partial charge >= 0.3 is 5.97 Å². The zero-order chi connectivity index (χ0) is 14.4. The largest absolute Gasteiger partial charge is 0.480 e. The van der Waals surface area contributed by atoms with E-state index in [9.17, 15) is 9.90 Å². The molecule has 112 valence electrons. The van der Waals surface area contributed by atoms with Gasteiger partial charge in [-0.05, 0) is 49.1 Å². The van der Waals surface area contributed by atoms with E-state index in [1.54, 1.807) is 0 Å². The van der Waals surface area contributed by atoms with Crippen molar-refractivity contribution in [1.82, 2.24) is 4.90 Å². The number of likely N-dealkylation sites (tertiary alicyclic amines) is 1. The van der Waals surface area contributed by atoms with Crippen LogP contribution >= 0.6 is 0 Å². The Kier molecular flexibility index (Phi) is 3.26. The summed E-state index contributed by atoms with van der Waals surface area (Å²) in [4.78, 5) is 14.2. The molecule has 1 aromatic rings. The molecule has 1 saturated carbocycles. The van der Waals surface area contributed by atoms with Crippen LogP contribution in [-0.2, 0) is 11.2 Å². The van der Waals surface area contributed by atoms with Crippen LogP contribution in [0.1, 0.15) is 55.7 Å². The summed E-state index contributed by atoms with van der Waals surface area (Å²) in [6.07, 6.45) is 8.00. The van der Waals surface area contributed by atoms with Crippen LogP contribution in [0.25, 0.3) is 0 Å². The van der Waals surface area contributed by atoms with Crippen molar-refractivity contribution in [1.29, 1.82) is 0 Å². The summed E-state index contributed by atoms with van der Waals surface area (Å²) in [5.74, 6) is -0.0126. The van der Waals surface area contributed by atoms with E-state index in [0.717, 1.165) is 19.3 Å². The number of carboxylic acid groups (broad SMARTS) is 1. The first kappa shape index (κ1) is 13.3. The highest BCUT2D eigenvalue weighted by Crippen LogP contribution is 2.47. The molecule has 3 aliphatic rings. The second-order valence-corrected chi connectivity index (χ2v) is 6.90. The smallest absolute Gasteiger partial charge is 0.320 e. The minimum absolute atomic E-state index is 0.269. The molecule has 1 heterocycles. The molecular weight excluding hydrogens is 262 g/mol. The van der Waals surface area contributed by atoms with Gasteiger partial charge in [0.05, 0.1) is 0 Å². The summed E-state index contributed by atoms with van der Waals surface area (Å²) in [7, 11) is 0. The predicted molar refractivity (Wildman–Crippen MR) is 81.1 cm³/mol. The maximum Gasteiger partial charge on any atom is 0.320 e. The molecule has 0 aromatic heterocycles. The van der Waals surface area contributed by atoms with E-state index in [1.165, 1.54) is 36.8 Å². The van der Waals surface area contributed by atoms with Crippen molar-refractivity contribution < 1.29 is 9.90 Å². The van der Waals surface area contributed by atoms with Gasteiger partial charge in [-0.2, -0.15) is 0 Å². The Morgan fingerprint density at radius 1 is 1.14 bits per heavy atom. The predicted octanol–water partition coefficient (Wildman–Crippen LogP) is 3.39. The fourth-order valence-electron chi connectivity index (χ4n) is 5.02. The van der Waals surface area contributed by atoms with E-state index < -0.39 is 5.97 Å². The van der Waals surface area contributed by atoms with Crippen molar-refractivity contribution in [2.45, 2.75) is 63.1 Å². The molecule has 4 unspecified atom stereocenters. The van der Waals surface area contributed by atoms with Crippen LogP contribution in [0.15, 0.2) is 24.3 Å². The first-order chi connectivity index (χ1) is 10.3. The number of carbonyl (C=O) groups is 1. The van der Waals surface area contributed by atoms with Gasteiger partial charge in [0.2, 0.25) is 0 Å². The third-order valence-corrected chi connectivity index (χ3v) is 5.88. The zero-order valence-electron chi connectivity index (χ0n) is 12.4. The van der Waals surface area contributed by atoms with E-state index in [-0.39, 0.29) is 6.04 Å². The van der Waals surface area contributed by atoms with Crippen LogP contribution in [0, 0.1) is 5.92 Å². The van der Waals surface area contributed by atoms with Crippen LogP contribution in [-0.4, -0.2) is 28.1 Å². The summed E-state index contributed by atoms with van der Waals surface area (Å²) in [6, 6.07) is 9.17. The first-order valence-corrected chi connectivity index (χ1v) is 8.34. The van der Waals surface area contributed by atoms with Gasteiger partial charge in [0, 0.05) is 12.1 Å². The number of hydrogen-bond acceptors (Lipinski definition) is 2. The maximum absolute atomic E-state index is 11.8. The van der Waals surface area contributed by atoms with Gasteiger partial charge < -0.3 is 5.11 Å². The number of hydrogen-bond donors (Lipinski definition) is 1. The Morgan fingerprint density at radius 3 is 2.81 bits per heavy atom. The van der Waals surface area contributed by atoms with E-state index in [0.29, 0.717) is 18.0 Å². The molecule has 0 bridgehead atoms. The summed E-state index contributed by atoms with van der Waals surface area (Å²) >= 11 is 0. The molecule has 1 aliphatic heterocycles. The summed E-state index contributed by atoms with van der Waals surface area (Å²) in [5, 5.41) is 9.70. The minimum Gasteiger partial charge on any atom is -0.480 e. The molecule has 1 aromatic carbocycles. The third-order valence-electron chi connectivity index (χ3n) is 5.88. The lowest BCUT2D eigenvalue weighted by Gasteiger charge is -2.37. The van der Waals surface area contributed by atoms with Crippen molar-refractivity contribution in [2.24, 2.45) is 5.92 Å². The van der Waals surface area contributed by atoms with Crippen molar-refractivity contribution in [3.8, 4) is 0 Å². The van der Waals surface area contributed by atoms with Gasteiger partial charge in [-0.1, -0.05) is 37.1 Å². The standard InChI is InChI=1S/C18H23NO2/c20-18(21)17-11-13-6-2-4-8-15(13)19(17)16-10-9-12-5-1-3-7-14(12)16/h1,3,5,7,13,15-17H,2,4,6,8-11H2,(H,20,21). The number of nitrogens with zero attached hydrogens (tertiary/aromatic N) is 1. The Hall–Kier alpha value is -1.35. The molecule has 1 N–H and O–H groups in total. The molecule has 0 radical (unpaired) electrons. The second-order valence-electron chi connectivity index (χ2n) is 6.90.